The van der Waals surface area contributed by atoms with Crippen molar-refractivity contribution < 1.29 is 14.6 Å². The van der Waals surface area contributed by atoms with Crippen molar-refractivity contribution in [2.45, 2.75) is 12.2 Å². The molecule has 0 amide bonds. The molecule has 0 saturated heterocycles. The van der Waals surface area contributed by atoms with Crippen molar-refractivity contribution in [3.05, 3.63) is 71.5 Å². The van der Waals surface area contributed by atoms with Gasteiger partial charge in [-0.15, -0.1) is 0 Å². The second-order valence-corrected chi connectivity index (χ2v) is 3.82. The molecule has 3 heteroatoms. The van der Waals surface area contributed by atoms with E-state index < -0.39 is 18.0 Å². The molecule has 0 radical (unpaired) electrons. The maximum atomic E-state index is 13.4. The Morgan fingerprint density at radius 3 is 2.00 bits per heavy atom. The lowest BCUT2D eigenvalue weighted by Gasteiger charge is -2.18. The standard InChI is InChI=1S/C14H13FO2/c15-12-9-5-4-8-11(12)14(17)13(16)10-6-2-1-3-7-10/h1-9,13-14,16-17H. The van der Waals surface area contributed by atoms with Crippen LogP contribution in [0.15, 0.2) is 54.6 Å². The molecule has 0 bridgehead atoms. The average Bonchev–Trinajstić information content (AvgIpc) is 2.39. The van der Waals surface area contributed by atoms with Gasteiger partial charge in [0.2, 0.25) is 0 Å². The van der Waals surface area contributed by atoms with Crippen LogP contribution >= 0.6 is 0 Å². The van der Waals surface area contributed by atoms with E-state index in [1.807, 2.05) is 6.07 Å². The van der Waals surface area contributed by atoms with Gasteiger partial charge in [0.15, 0.2) is 0 Å². The highest BCUT2D eigenvalue weighted by molar-refractivity contribution is 5.25. The molecule has 0 saturated carbocycles. The molecule has 2 atom stereocenters. The van der Waals surface area contributed by atoms with E-state index in [4.69, 9.17) is 0 Å². The second-order valence-electron chi connectivity index (χ2n) is 3.82. The summed E-state index contributed by atoms with van der Waals surface area (Å²) in [6, 6.07) is 14.6. The lowest BCUT2D eigenvalue weighted by atomic mass is 9.98. The topological polar surface area (TPSA) is 40.5 Å². The Kier molecular flexibility index (Phi) is 3.52. The molecule has 17 heavy (non-hydrogen) atoms. The molecular weight excluding hydrogens is 219 g/mol. The van der Waals surface area contributed by atoms with Crippen LogP contribution in [0.4, 0.5) is 4.39 Å². The molecule has 2 N–H and O–H groups in total. The van der Waals surface area contributed by atoms with E-state index >= 15 is 0 Å². The Bertz CT molecular complexity index is 485. The minimum Gasteiger partial charge on any atom is -0.385 e. The van der Waals surface area contributed by atoms with Crippen molar-refractivity contribution in [2.75, 3.05) is 0 Å². The van der Waals surface area contributed by atoms with Crippen LogP contribution in [0.5, 0.6) is 0 Å². The van der Waals surface area contributed by atoms with Crippen molar-refractivity contribution in [2.24, 2.45) is 0 Å². The Labute approximate surface area is 99.0 Å². The van der Waals surface area contributed by atoms with E-state index in [1.54, 1.807) is 36.4 Å². The molecule has 0 spiro atoms. The molecule has 2 rings (SSSR count). The molecule has 0 aliphatic carbocycles. The van der Waals surface area contributed by atoms with Gasteiger partial charge in [0.05, 0.1) is 0 Å². The highest BCUT2D eigenvalue weighted by Gasteiger charge is 2.22. The van der Waals surface area contributed by atoms with Crippen molar-refractivity contribution >= 4 is 0 Å². The molecule has 0 heterocycles. The summed E-state index contributed by atoms with van der Waals surface area (Å²) in [4.78, 5) is 0. The SMILES string of the molecule is OC(c1ccccc1)C(O)c1ccccc1F. The van der Waals surface area contributed by atoms with E-state index in [2.05, 4.69) is 0 Å². The van der Waals surface area contributed by atoms with Crippen LogP contribution in [-0.4, -0.2) is 10.2 Å². The minimum absolute atomic E-state index is 0.101. The summed E-state index contributed by atoms with van der Waals surface area (Å²) in [6.45, 7) is 0. The van der Waals surface area contributed by atoms with Crippen LogP contribution in [-0.2, 0) is 0 Å². The number of aliphatic hydroxyl groups excluding tert-OH is 2. The molecule has 0 aromatic heterocycles. The number of aliphatic hydroxyl groups is 2. The molecular formula is C14H13FO2. The van der Waals surface area contributed by atoms with E-state index in [0.29, 0.717) is 5.56 Å². The fraction of sp³-hybridized carbons (Fsp3) is 0.143. The van der Waals surface area contributed by atoms with Crippen molar-refractivity contribution in [1.82, 2.24) is 0 Å². The fourth-order valence-corrected chi connectivity index (χ4v) is 1.72. The number of halogens is 1. The van der Waals surface area contributed by atoms with Gasteiger partial charge in [0.25, 0.3) is 0 Å². The molecule has 2 aromatic rings. The normalized spacial score (nSPS) is 14.3. The Morgan fingerprint density at radius 1 is 0.765 bits per heavy atom. The molecule has 0 aliphatic heterocycles. The summed E-state index contributed by atoms with van der Waals surface area (Å²) >= 11 is 0. The second kappa shape index (κ2) is 5.08. The Balaban J connectivity index is 2.27. The maximum absolute atomic E-state index is 13.4. The number of hydrogen-bond acceptors (Lipinski definition) is 2. The summed E-state index contributed by atoms with van der Waals surface area (Å²) in [5.41, 5.74) is 0.659. The largest absolute Gasteiger partial charge is 0.385 e. The van der Waals surface area contributed by atoms with Gasteiger partial charge in [0.1, 0.15) is 18.0 Å². The molecule has 0 aliphatic rings. The van der Waals surface area contributed by atoms with Gasteiger partial charge in [0, 0.05) is 5.56 Å². The number of rotatable bonds is 3. The predicted molar refractivity (Wildman–Crippen MR) is 62.8 cm³/mol. The van der Waals surface area contributed by atoms with Crippen molar-refractivity contribution in [3.63, 3.8) is 0 Å². The average molecular weight is 232 g/mol. The molecule has 0 fully saturated rings. The third-order valence-corrected chi connectivity index (χ3v) is 2.66. The van der Waals surface area contributed by atoms with Crippen molar-refractivity contribution in [3.8, 4) is 0 Å². The first-order valence-electron chi connectivity index (χ1n) is 5.35. The van der Waals surface area contributed by atoms with Crippen molar-refractivity contribution in [1.29, 1.82) is 0 Å². The quantitative estimate of drug-likeness (QED) is 0.854. The van der Waals surface area contributed by atoms with E-state index in [1.165, 1.54) is 12.1 Å². The zero-order chi connectivity index (χ0) is 12.3. The highest BCUT2D eigenvalue weighted by atomic mass is 19.1. The van der Waals surface area contributed by atoms with Gasteiger partial charge in [-0.05, 0) is 11.6 Å². The van der Waals surface area contributed by atoms with E-state index in [-0.39, 0.29) is 5.56 Å². The van der Waals surface area contributed by atoms with Crippen LogP contribution in [0.1, 0.15) is 23.3 Å². The van der Waals surface area contributed by atoms with Crippen LogP contribution in [0.2, 0.25) is 0 Å². The van der Waals surface area contributed by atoms with Crippen LogP contribution in [0.25, 0.3) is 0 Å². The smallest absolute Gasteiger partial charge is 0.129 e. The first kappa shape index (κ1) is 11.8. The number of hydrogen-bond donors (Lipinski definition) is 2. The van der Waals surface area contributed by atoms with E-state index in [9.17, 15) is 14.6 Å². The maximum Gasteiger partial charge on any atom is 0.129 e. The molecule has 2 nitrogen and oxygen atoms in total. The summed E-state index contributed by atoms with van der Waals surface area (Å²) in [5, 5.41) is 19.9. The minimum atomic E-state index is -1.27. The Morgan fingerprint density at radius 2 is 1.35 bits per heavy atom. The first-order chi connectivity index (χ1) is 8.20. The summed E-state index contributed by atoms with van der Waals surface area (Å²) < 4.78 is 13.4. The Hall–Kier alpha value is -1.71. The summed E-state index contributed by atoms with van der Waals surface area (Å²) in [5.74, 6) is -0.519. The van der Waals surface area contributed by atoms with Gasteiger partial charge < -0.3 is 10.2 Å². The summed E-state index contributed by atoms with van der Waals surface area (Å²) in [7, 11) is 0. The molecule has 88 valence electrons. The third-order valence-electron chi connectivity index (χ3n) is 2.66. The number of benzene rings is 2. The summed E-state index contributed by atoms with van der Waals surface area (Å²) in [6.07, 6.45) is -2.40. The van der Waals surface area contributed by atoms with Gasteiger partial charge in [-0.1, -0.05) is 48.5 Å². The zero-order valence-electron chi connectivity index (χ0n) is 9.12. The highest BCUT2D eigenvalue weighted by Crippen LogP contribution is 2.29. The van der Waals surface area contributed by atoms with Gasteiger partial charge in [-0.3, -0.25) is 0 Å². The van der Waals surface area contributed by atoms with Crippen LogP contribution in [0, 0.1) is 5.82 Å². The van der Waals surface area contributed by atoms with Crippen LogP contribution in [0.3, 0.4) is 0 Å². The molecule has 2 unspecified atom stereocenters. The first-order valence-corrected chi connectivity index (χ1v) is 5.35. The zero-order valence-corrected chi connectivity index (χ0v) is 9.12. The fourth-order valence-electron chi connectivity index (χ4n) is 1.72. The van der Waals surface area contributed by atoms with Crippen LogP contribution < -0.4 is 0 Å². The predicted octanol–water partition coefficient (Wildman–Crippen LogP) is 2.59. The molecule has 2 aromatic carbocycles. The monoisotopic (exact) mass is 232 g/mol. The lowest BCUT2D eigenvalue weighted by Crippen LogP contribution is -2.11. The third kappa shape index (κ3) is 2.52. The van der Waals surface area contributed by atoms with Gasteiger partial charge in [-0.2, -0.15) is 0 Å². The van der Waals surface area contributed by atoms with Gasteiger partial charge >= 0.3 is 0 Å². The van der Waals surface area contributed by atoms with E-state index in [0.717, 1.165) is 0 Å². The van der Waals surface area contributed by atoms with Gasteiger partial charge in [-0.25, -0.2) is 4.39 Å². The lowest BCUT2D eigenvalue weighted by molar-refractivity contribution is 0.0151.